The van der Waals surface area contributed by atoms with Crippen molar-refractivity contribution < 1.29 is 51.6 Å². The van der Waals surface area contributed by atoms with Crippen LogP contribution in [0.1, 0.15) is 65.7 Å². The number of amides is 4. The minimum atomic E-state index is -4.03. The normalized spacial score (nSPS) is 29.7. The molecule has 1 aromatic carbocycles. The molecule has 2 saturated carbocycles. The summed E-state index contributed by atoms with van der Waals surface area (Å²) in [4.78, 5) is 61.0. The van der Waals surface area contributed by atoms with E-state index in [9.17, 15) is 32.7 Å². The highest BCUT2D eigenvalue weighted by Crippen LogP contribution is 2.48. The average Bonchev–Trinajstić information content (AvgIpc) is 4.02. The quantitative estimate of drug-likeness (QED) is 0.242. The topological polar surface area (TPSA) is 212 Å². The molecule has 1 saturated heterocycles. The predicted molar refractivity (Wildman–Crippen MR) is 200 cm³/mol. The van der Waals surface area contributed by atoms with Crippen LogP contribution in [0, 0.1) is 17.8 Å². The molecule has 4 aliphatic rings. The molecule has 3 heterocycles. The van der Waals surface area contributed by atoms with Crippen LogP contribution in [0.25, 0.3) is 10.8 Å². The van der Waals surface area contributed by atoms with Gasteiger partial charge in [-0.25, -0.2) is 18.2 Å². The Morgan fingerprint density at radius 2 is 1.91 bits per heavy atom. The second-order valence-electron chi connectivity index (χ2n) is 15.4. The second-order valence-corrected chi connectivity index (χ2v) is 17.6. The monoisotopic (exact) mass is 785 g/mol. The van der Waals surface area contributed by atoms with Gasteiger partial charge in [0.2, 0.25) is 27.7 Å². The summed E-state index contributed by atoms with van der Waals surface area (Å²) in [7, 11) is -1.00. The Hall–Kier alpha value is -4.64. The molecule has 300 valence electrons. The molecule has 2 aliphatic carbocycles. The van der Waals surface area contributed by atoms with E-state index >= 15 is 0 Å². The zero-order valence-corrected chi connectivity index (χ0v) is 32.6. The molecule has 2 aromatic rings. The minimum absolute atomic E-state index is 0.0379. The molecule has 0 unspecified atom stereocenters. The zero-order chi connectivity index (χ0) is 39.7. The van der Waals surface area contributed by atoms with E-state index in [4.69, 9.17) is 18.9 Å². The lowest BCUT2D eigenvalue weighted by atomic mass is 9.87. The number of carboxylic acid groups (broad SMARTS) is 1. The first kappa shape index (κ1) is 40.0. The van der Waals surface area contributed by atoms with Crippen molar-refractivity contribution in [1.82, 2.24) is 25.2 Å². The van der Waals surface area contributed by atoms with Gasteiger partial charge in [-0.1, -0.05) is 19.1 Å². The predicted octanol–water partition coefficient (Wildman–Crippen LogP) is 3.14. The largest absolute Gasteiger partial charge is 0.497 e. The maximum absolute atomic E-state index is 14.6. The van der Waals surface area contributed by atoms with Crippen LogP contribution in [-0.4, -0.2) is 110 Å². The number of methoxy groups -OCH3 is 2. The molecule has 2 aliphatic heterocycles. The number of sulfonamides is 1. The van der Waals surface area contributed by atoms with E-state index in [1.807, 2.05) is 26.0 Å². The van der Waals surface area contributed by atoms with Crippen LogP contribution >= 0.6 is 0 Å². The first-order valence-corrected chi connectivity index (χ1v) is 20.2. The van der Waals surface area contributed by atoms with E-state index in [1.165, 1.54) is 18.2 Å². The fraction of sp³-hybridized carbons (Fsp3) is 0.605. The Labute approximate surface area is 320 Å². The number of hydrogen-bond acceptors (Lipinski definition) is 11. The Morgan fingerprint density at radius 1 is 1.15 bits per heavy atom. The van der Waals surface area contributed by atoms with E-state index in [0.29, 0.717) is 61.0 Å². The Bertz CT molecular complexity index is 1950. The molecular formula is C38H51N5O11S. The highest BCUT2D eigenvalue weighted by Gasteiger charge is 2.63. The third kappa shape index (κ3) is 8.32. The number of rotatable bonds is 11. The van der Waals surface area contributed by atoms with Gasteiger partial charge in [-0.15, -0.1) is 0 Å². The van der Waals surface area contributed by atoms with Gasteiger partial charge in [0, 0.05) is 36.1 Å². The van der Waals surface area contributed by atoms with Crippen LogP contribution < -0.4 is 29.6 Å². The van der Waals surface area contributed by atoms with Gasteiger partial charge in [-0.2, -0.15) is 0 Å². The van der Waals surface area contributed by atoms with Gasteiger partial charge in [-0.3, -0.25) is 19.1 Å². The maximum Gasteiger partial charge on any atom is 0.405 e. The fourth-order valence-electron chi connectivity index (χ4n) is 7.74. The SMILES string of the molecule is CCOc1cnc(O[C@@H]2C[C@H]3C(=O)N[C@]4(C(=O)NS(=O)(=O)C5(C)CC5)C[C@H]4/C=C\CC[C@@H](C)C[C@@H](COC)[C@H](NC(=O)O)C(=O)N3C2)c2ccc(OC)cc12. The summed E-state index contributed by atoms with van der Waals surface area (Å²) in [5.41, 5.74) is -1.57. The van der Waals surface area contributed by atoms with Crippen LogP contribution in [-0.2, 0) is 29.1 Å². The van der Waals surface area contributed by atoms with Crippen molar-refractivity contribution >= 4 is 44.6 Å². The lowest BCUT2D eigenvalue weighted by Gasteiger charge is -2.33. The molecule has 1 aromatic heterocycles. The first-order chi connectivity index (χ1) is 26.1. The standard InChI is InChI=1S/C38H51N5O11S/c1-6-53-30-19-39-33(27-12-11-25(52-5)16-28(27)30)54-26-17-29-32(44)41-38(35(46)42-55(49,50)37(3)13-14-37)18-24(38)10-8-7-9-22(2)15-23(21-51-4)31(40-36(47)48)34(45)43(29)20-26/h8,10-12,16,19,22-24,26,29,31,40H,6-7,9,13-15,17-18,20-21H2,1-5H3,(H,41,44)(H,42,46)(H,47,48)/b10-8-/t22-,23+,24-,26-,29+,31+,38-/m1/s1. The molecule has 0 spiro atoms. The Kier molecular flexibility index (Phi) is 11.5. The van der Waals surface area contributed by atoms with Gasteiger partial charge < -0.3 is 39.6 Å². The molecule has 0 bridgehead atoms. The smallest absolute Gasteiger partial charge is 0.405 e. The Balaban J connectivity index is 1.37. The van der Waals surface area contributed by atoms with Crippen LogP contribution in [0.3, 0.4) is 0 Å². The van der Waals surface area contributed by atoms with Gasteiger partial charge in [0.05, 0.1) is 37.8 Å². The summed E-state index contributed by atoms with van der Waals surface area (Å²) < 4.78 is 50.7. The maximum atomic E-state index is 14.6. The summed E-state index contributed by atoms with van der Waals surface area (Å²) >= 11 is 0. The summed E-state index contributed by atoms with van der Waals surface area (Å²) in [5, 5.41) is 16.4. The summed E-state index contributed by atoms with van der Waals surface area (Å²) in [5.74, 6) is -1.90. The minimum Gasteiger partial charge on any atom is -0.497 e. The van der Waals surface area contributed by atoms with E-state index in [2.05, 4.69) is 20.3 Å². The molecule has 17 heteroatoms. The van der Waals surface area contributed by atoms with Crippen LogP contribution in [0.5, 0.6) is 17.4 Å². The number of benzene rings is 1. The van der Waals surface area contributed by atoms with Gasteiger partial charge in [0.15, 0.2) is 0 Å². The van der Waals surface area contributed by atoms with Crippen molar-refractivity contribution in [2.75, 3.05) is 34.0 Å². The number of hydrogen-bond donors (Lipinski definition) is 4. The number of carbonyl (C=O) groups excluding carboxylic acids is 3. The van der Waals surface area contributed by atoms with Crippen molar-refractivity contribution in [3.05, 3.63) is 36.5 Å². The average molecular weight is 786 g/mol. The molecule has 55 heavy (non-hydrogen) atoms. The molecule has 7 atom stereocenters. The van der Waals surface area contributed by atoms with E-state index in [1.54, 1.807) is 32.2 Å². The highest BCUT2D eigenvalue weighted by molar-refractivity contribution is 7.91. The number of nitrogens with one attached hydrogen (secondary N) is 3. The Morgan fingerprint density at radius 3 is 2.58 bits per heavy atom. The molecular weight excluding hydrogens is 735 g/mol. The number of nitrogens with zero attached hydrogens (tertiary/aromatic N) is 2. The van der Waals surface area contributed by atoms with E-state index in [-0.39, 0.29) is 37.8 Å². The third-order valence-corrected chi connectivity index (χ3v) is 13.5. The lowest BCUT2D eigenvalue weighted by molar-refractivity contribution is -0.142. The molecule has 4 N–H and O–H groups in total. The number of carbonyl (C=O) groups is 4. The van der Waals surface area contributed by atoms with Gasteiger partial charge in [-0.05, 0) is 76.5 Å². The van der Waals surface area contributed by atoms with E-state index < -0.39 is 74.1 Å². The van der Waals surface area contributed by atoms with Gasteiger partial charge in [0.25, 0.3) is 5.91 Å². The second kappa shape index (κ2) is 15.8. The van der Waals surface area contributed by atoms with Crippen molar-refractivity contribution in [1.29, 1.82) is 0 Å². The van der Waals surface area contributed by atoms with Crippen molar-refractivity contribution in [2.24, 2.45) is 17.8 Å². The van der Waals surface area contributed by atoms with Crippen LogP contribution in [0.2, 0.25) is 0 Å². The number of fused-ring (bicyclic) bond motifs is 3. The van der Waals surface area contributed by atoms with E-state index in [0.717, 1.165) is 0 Å². The summed E-state index contributed by atoms with van der Waals surface area (Å²) in [6, 6.07) is 2.81. The molecule has 6 rings (SSSR count). The highest BCUT2D eigenvalue weighted by atomic mass is 32.2. The zero-order valence-electron chi connectivity index (χ0n) is 31.8. The van der Waals surface area contributed by atoms with Crippen molar-refractivity contribution in [3.63, 3.8) is 0 Å². The van der Waals surface area contributed by atoms with Gasteiger partial charge >= 0.3 is 6.09 Å². The molecule has 4 amide bonds. The third-order valence-electron chi connectivity index (χ3n) is 11.3. The number of aromatic nitrogens is 1. The number of allylic oxidation sites excluding steroid dienone is 1. The molecule has 16 nitrogen and oxygen atoms in total. The number of ether oxygens (including phenoxy) is 4. The van der Waals surface area contributed by atoms with Crippen LogP contribution in [0.15, 0.2) is 36.5 Å². The van der Waals surface area contributed by atoms with Crippen LogP contribution in [0.4, 0.5) is 4.79 Å². The first-order valence-electron chi connectivity index (χ1n) is 18.8. The van der Waals surface area contributed by atoms with Crippen molar-refractivity contribution in [2.45, 2.75) is 94.2 Å². The lowest BCUT2D eigenvalue weighted by Crippen LogP contribution is -2.59. The summed E-state index contributed by atoms with van der Waals surface area (Å²) in [6.45, 7) is 5.77. The van der Waals surface area contributed by atoms with Gasteiger partial charge in [0.1, 0.15) is 35.2 Å². The number of pyridine rings is 1. The fourth-order valence-corrected chi connectivity index (χ4v) is 9.06. The summed E-state index contributed by atoms with van der Waals surface area (Å²) in [6.07, 6.45) is 5.76. The van der Waals surface area contributed by atoms with Crippen molar-refractivity contribution in [3.8, 4) is 17.4 Å². The molecule has 3 fully saturated rings. The molecule has 0 radical (unpaired) electrons.